The van der Waals surface area contributed by atoms with Crippen LogP contribution < -0.4 is 18.9 Å². The van der Waals surface area contributed by atoms with E-state index in [2.05, 4.69) is 62.7 Å². The molecule has 0 fully saturated rings. The Morgan fingerprint density at radius 3 is 1.18 bits per heavy atom. The van der Waals surface area contributed by atoms with E-state index in [1.165, 1.54) is 0 Å². The molecule has 0 radical (unpaired) electrons. The number of rotatable bonds is 24. The summed E-state index contributed by atoms with van der Waals surface area (Å²) in [5.74, 6) is 2.85. The second-order valence-electron chi connectivity index (χ2n) is 16.7. The smallest absolute Gasteiger partial charge is 0.259 e. The summed E-state index contributed by atoms with van der Waals surface area (Å²) < 4.78 is 54.1. The zero-order valence-corrected chi connectivity index (χ0v) is 40.5. The highest BCUT2D eigenvalue weighted by molar-refractivity contribution is 7.44. The van der Waals surface area contributed by atoms with Crippen LogP contribution in [0.1, 0.15) is 74.4 Å². The summed E-state index contributed by atoms with van der Waals surface area (Å²) in [6, 6.07) is 54.7. The van der Waals surface area contributed by atoms with Gasteiger partial charge in [0.25, 0.3) is 8.53 Å². The largest absolute Gasteiger partial charge is 0.497 e. The van der Waals surface area contributed by atoms with Crippen molar-refractivity contribution in [3.8, 4) is 29.1 Å². The number of ether oxygens (including phenoxy) is 6. The summed E-state index contributed by atoms with van der Waals surface area (Å²) in [5, 5.41) is 9.56. The van der Waals surface area contributed by atoms with Crippen LogP contribution in [0.15, 0.2) is 158 Å². The molecule has 2 atom stereocenters. The van der Waals surface area contributed by atoms with Crippen molar-refractivity contribution in [2.45, 2.75) is 69.9 Å². The highest BCUT2D eigenvalue weighted by Crippen LogP contribution is 2.50. The number of hydrogen-bond acceptors (Lipinski definition) is 10. The first-order valence-electron chi connectivity index (χ1n) is 22.2. The van der Waals surface area contributed by atoms with Gasteiger partial charge in [-0.3, -0.25) is 0 Å². The van der Waals surface area contributed by atoms with E-state index in [1.54, 1.807) is 28.4 Å². The van der Waals surface area contributed by atoms with E-state index in [9.17, 15) is 5.26 Å². The molecule has 0 saturated heterocycles. The molecule has 0 heterocycles. The molecule has 0 aromatic heterocycles. The first-order chi connectivity index (χ1) is 32.0. The number of benzene rings is 6. The Hall–Kier alpha value is -5.76. The van der Waals surface area contributed by atoms with Crippen molar-refractivity contribution in [2.75, 3.05) is 48.3 Å². The molecule has 0 bridgehead atoms. The Kier molecular flexibility index (Phi) is 17.4. The maximum atomic E-state index is 9.56. The second kappa shape index (κ2) is 23.1. The van der Waals surface area contributed by atoms with Crippen LogP contribution in [-0.4, -0.2) is 70.6 Å². The van der Waals surface area contributed by atoms with Gasteiger partial charge >= 0.3 is 0 Å². The predicted molar refractivity (Wildman–Crippen MR) is 261 cm³/mol. The molecular formula is C55H63N2O8P. The predicted octanol–water partition coefficient (Wildman–Crippen LogP) is 12.1. The van der Waals surface area contributed by atoms with E-state index in [4.69, 9.17) is 37.5 Å². The third-order valence-corrected chi connectivity index (χ3v) is 13.5. The second-order valence-corrected chi connectivity index (χ2v) is 18.1. The lowest BCUT2D eigenvalue weighted by Crippen LogP contribution is -2.50. The minimum absolute atomic E-state index is 0.00553. The fourth-order valence-electron chi connectivity index (χ4n) is 8.31. The Bertz CT molecular complexity index is 2310. The molecule has 2 unspecified atom stereocenters. The molecule has 0 amide bonds. The molecule has 6 aromatic rings. The molecule has 0 aliphatic carbocycles. The minimum Gasteiger partial charge on any atom is -0.497 e. The molecule has 0 spiro atoms. The van der Waals surface area contributed by atoms with Crippen LogP contribution in [0.25, 0.3) is 0 Å². The summed E-state index contributed by atoms with van der Waals surface area (Å²) in [5.41, 5.74) is 1.53. The molecule has 66 heavy (non-hydrogen) atoms. The molecule has 0 aliphatic rings. The zero-order valence-electron chi connectivity index (χ0n) is 39.6. The van der Waals surface area contributed by atoms with Crippen LogP contribution in [-0.2, 0) is 29.7 Å². The number of hydrogen-bond donors (Lipinski definition) is 0. The first-order valence-corrected chi connectivity index (χ1v) is 23.3. The van der Waals surface area contributed by atoms with Gasteiger partial charge in [0, 0.05) is 12.1 Å². The maximum absolute atomic E-state index is 9.56. The Labute approximate surface area is 392 Å². The summed E-state index contributed by atoms with van der Waals surface area (Å²) in [6.07, 6.45) is 0.221. The van der Waals surface area contributed by atoms with Crippen molar-refractivity contribution in [1.82, 2.24) is 4.67 Å². The Morgan fingerprint density at radius 2 is 0.833 bits per heavy atom. The van der Waals surface area contributed by atoms with Crippen molar-refractivity contribution >= 4 is 8.53 Å². The highest BCUT2D eigenvalue weighted by atomic mass is 31.2. The standard InChI is InChI=1S/C55H63N2O8P/c1-41(2)57(42(3)4)66(63-38-16-37-56)64-40-53(5,65-55(44-19-14-11-15-20-44,47-25-33-51(60-8)34-26-47)48-27-35-52(61-9)36-28-48)39-62-54(43-17-12-10-13-18-43,45-21-29-49(58-6)30-22-45)46-23-31-50(59-7)32-24-46/h10-15,17-36,41-42H,16,38-40H2,1-9H3. The molecule has 0 N–H and O–H groups in total. The molecule has 6 rings (SSSR count). The zero-order chi connectivity index (χ0) is 47.2. The molecule has 6 aromatic carbocycles. The van der Waals surface area contributed by atoms with Crippen LogP contribution in [0.4, 0.5) is 0 Å². The van der Waals surface area contributed by atoms with Crippen molar-refractivity contribution in [2.24, 2.45) is 0 Å². The highest BCUT2D eigenvalue weighted by Gasteiger charge is 2.48. The van der Waals surface area contributed by atoms with Gasteiger partial charge < -0.3 is 37.5 Å². The molecule has 346 valence electrons. The van der Waals surface area contributed by atoms with Gasteiger partial charge in [0.15, 0.2) is 0 Å². The van der Waals surface area contributed by atoms with Crippen molar-refractivity contribution in [1.29, 1.82) is 5.26 Å². The average Bonchev–Trinajstić information content (AvgIpc) is 3.36. The normalized spacial score (nSPS) is 13.3. The van der Waals surface area contributed by atoms with Gasteiger partial charge in [-0.15, -0.1) is 0 Å². The Balaban J connectivity index is 1.61. The van der Waals surface area contributed by atoms with Crippen LogP contribution >= 0.6 is 8.53 Å². The van der Waals surface area contributed by atoms with E-state index in [0.717, 1.165) is 33.4 Å². The summed E-state index contributed by atoms with van der Waals surface area (Å²) in [7, 11) is 4.94. The fourth-order valence-corrected chi connectivity index (χ4v) is 10.0. The van der Waals surface area contributed by atoms with Gasteiger partial charge in [-0.1, -0.05) is 109 Å². The van der Waals surface area contributed by atoms with Crippen molar-refractivity contribution in [3.63, 3.8) is 0 Å². The quantitative estimate of drug-likeness (QED) is 0.0331. The average molecular weight is 911 g/mol. The van der Waals surface area contributed by atoms with Crippen molar-refractivity contribution < 1.29 is 37.5 Å². The number of nitriles is 1. The maximum Gasteiger partial charge on any atom is 0.259 e. The third-order valence-electron chi connectivity index (χ3n) is 11.5. The van der Waals surface area contributed by atoms with E-state index in [0.29, 0.717) is 23.0 Å². The SMILES string of the molecule is COc1ccc(C(OCC(C)(COP(OCCC#N)N(C(C)C)C(C)C)OC(c2ccccc2)(c2ccc(OC)cc2)c2ccc(OC)cc2)(c2ccccc2)c2ccc(OC)cc2)cc1. The van der Waals surface area contributed by atoms with Crippen LogP contribution in [0.3, 0.4) is 0 Å². The third kappa shape index (κ3) is 11.2. The van der Waals surface area contributed by atoms with Gasteiger partial charge in [-0.2, -0.15) is 5.26 Å². The van der Waals surface area contributed by atoms with Gasteiger partial charge in [0.2, 0.25) is 0 Å². The van der Waals surface area contributed by atoms with E-state index in [-0.39, 0.29) is 38.3 Å². The van der Waals surface area contributed by atoms with E-state index in [1.807, 2.05) is 140 Å². The summed E-state index contributed by atoms with van der Waals surface area (Å²) in [4.78, 5) is 0. The van der Waals surface area contributed by atoms with Gasteiger partial charge in [0.05, 0.1) is 60.7 Å². The molecule has 0 saturated carbocycles. The van der Waals surface area contributed by atoms with Crippen LogP contribution in [0.5, 0.6) is 23.0 Å². The lowest BCUT2D eigenvalue weighted by atomic mass is 9.79. The molecule has 11 heteroatoms. The monoisotopic (exact) mass is 910 g/mol. The van der Waals surface area contributed by atoms with E-state index < -0.39 is 25.3 Å². The van der Waals surface area contributed by atoms with Crippen LogP contribution in [0, 0.1) is 11.3 Å². The molecular weight excluding hydrogens is 848 g/mol. The summed E-state index contributed by atoms with van der Waals surface area (Å²) in [6.45, 7) is 10.8. The number of nitrogens with zero attached hydrogens (tertiary/aromatic N) is 2. The van der Waals surface area contributed by atoms with E-state index >= 15 is 0 Å². The van der Waals surface area contributed by atoms with Gasteiger partial charge in [0.1, 0.15) is 39.8 Å². The van der Waals surface area contributed by atoms with Crippen LogP contribution in [0.2, 0.25) is 0 Å². The number of methoxy groups -OCH3 is 4. The molecule has 10 nitrogen and oxygen atoms in total. The fraction of sp³-hybridized carbons (Fsp3) is 0.327. The Morgan fingerprint density at radius 1 is 0.485 bits per heavy atom. The summed E-state index contributed by atoms with van der Waals surface area (Å²) >= 11 is 0. The molecule has 0 aliphatic heterocycles. The minimum atomic E-state index is -1.69. The van der Waals surface area contributed by atoms with Gasteiger partial charge in [-0.25, -0.2) is 4.67 Å². The topological polar surface area (TPSA) is 101 Å². The lowest BCUT2D eigenvalue weighted by molar-refractivity contribution is -0.178. The van der Waals surface area contributed by atoms with Gasteiger partial charge in [-0.05, 0) is 117 Å². The van der Waals surface area contributed by atoms with Crippen molar-refractivity contribution in [3.05, 3.63) is 191 Å². The first kappa shape index (κ1) is 49.7. The lowest BCUT2D eigenvalue weighted by Gasteiger charge is -2.46.